The number of benzene rings is 4. The second kappa shape index (κ2) is 11.1. The molecule has 1 heterocycles. The van der Waals surface area contributed by atoms with Crippen LogP contribution in [0, 0.1) is 11.6 Å². The number of carbonyl (C=O) groups is 3. The molecule has 9 heteroatoms. The van der Waals surface area contributed by atoms with Crippen LogP contribution in [0.5, 0.6) is 0 Å². The molecule has 0 unspecified atom stereocenters. The third-order valence-corrected chi connectivity index (χ3v) is 6.26. The molecule has 0 saturated carbocycles. The summed E-state index contributed by atoms with van der Waals surface area (Å²) >= 11 is 0. The minimum absolute atomic E-state index is 0.0360. The summed E-state index contributed by atoms with van der Waals surface area (Å²) in [7, 11) is 0. The molecule has 5 rings (SSSR count). The zero-order valence-electron chi connectivity index (χ0n) is 20.5. The molecule has 4 aromatic rings. The van der Waals surface area contributed by atoms with Crippen LogP contribution in [0.4, 0.5) is 25.0 Å². The van der Waals surface area contributed by atoms with Gasteiger partial charge in [-0.25, -0.2) is 13.6 Å². The van der Waals surface area contributed by atoms with E-state index in [0.717, 1.165) is 0 Å². The van der Waals surface area contributed by atoms with E-state index in [1.165, 1.54) is 41.3 Å². The Balaban J connectivity index is 1.38. The van der Waals surface area contributed by atoms with Crippen LogP contribution in [0.1, 0.15) is 27.6 Å². The van der Waals surface area contributed by atoms with E-state index in [0.29, 0.717) is 28.1 Å². The number of anilines is 2. The van der Waals surface area contributed by atoms with Gasteiger partial charge in [-0.05, 0) is 71.8 Å². The minimum atomic E-state index is -1.03. The molecule has 4 aromatic carbocycles. The van der Waals surface area contributed by atoms with Crippen molar-refractivity contribution in [2.75, 3.05) is 10.6 Å². The molecule has 1 aliphatic rings. The maximum absolute atomic E-state index is 13.5. The Bertz CT molecular complexity index is 1480. The number of hydrogen-bond acceptors (Lipinski definition) is 4. The molecule has 39 heavy (non-hydrogen) atoms. The number of halogens is 2. The molecule has 2 N–H and O–H groups in total. The Kier molecular flexibility index (Phi) is 7.31. The van der Waals surface area contributed by atoms with Crippen molar-refractivity contribution in [3.8, 4) is 0 Å². The quantitative estimate of drug-likeness (QED) is 0.313. The highest BCUT2D eigenvalue weighted by atomic mass is 19.1. The van der Waals surface area contributed by atoms with Crippen molar-refractivity contribution in [3.05, 3.63) is 131 Å². The Labute approximate surface area is 223 Å². The van der Waals surface area contributed by atoms with Crippen LogP contribution in [0.25, 0.3) is 0 Å². The maximum Gasteiger partial charge on any atom is 0.411 e. The lowest BCUT2D eigenvalue weighted by Gasteiger charge is -2.24. The van der Waals surface area contributed by atoms with E-state index in [2.05, 4.69) is 10.6 Å². The smallest absolute Gasteiger partial charge is 0.411 e. The van der Waals surface area contributed by atoms with Crippen LogP contribution in [0.15, 0.2) is 103 Å². The fourth-order valence-corrected chi connectivity index (χ4v) is 4.29. The van der Waals surface area contributed by atoms with E-state index in [1.54, 1.807) is 60.7 Å². The highest BCUT2D eigenvalue weighted by Crippen LogP contribution is 2.35. The van der Waals surface area contributed by atoms with Gasteiger partial charge in [0.05, 0.1) is 6.54 Å². The van der Waals surface area contributed by atoms with Gasteiger partial charge in [-0.2, -0.15) is 0 Å². The lowest BCUT2D eigenvalue weighted by Crippen LogP contribution is -2.43. The van der Waals surface area contributed by atoms with E-state index in [-0.39, 0.29) is 6.54 Å². The van der Waals surface area contributed by atoms with Crippen molar-refractivity contribution in [2.24, 2.45) is 0 Å². The van der Waals surface area contributed by atoms with Gasteiger partial charge in [0, 0.05) is 16.9 Å². The van der Waals surface area contributed by atoms with Crippen LogP contribution < -0.4 is 10.6 Å². The number of ether oxygens (including phenoxy) is 1. The molecule has 7 nitrogen and oxygen atoms in total. The molecular weight excluding hydrogens is 504 g/mol. The standard InChI is InChI=1S/C30H23F2N3O4/c31-22-12-6-19(7-13-22)18-35-26(29(37)34-24-4-2-1-3-5-24)27(39-30(35)38)20-10-16-25(17-11-20)33-28(36)21-8-14-23(32)15-9-21/h1-17,26-27H,18H2,(H,33,36)(H,34,37)/t26-,27-/m0/s1. The Morgan fingerprint density at radius 1 is 0.744 bits per heavy atom. The third-order valence-electron chi connectivity index (χ3n) is 6.26. The van der Waals surface area contributed by atoms with E-state index in [1.807, 2.05) is 6.07 Å². The molecule has 0 aromatic heterocycles. The van der Waals surface area contributed by atoms with E-state index >= 15 is 0 Å². The summed E-state index contributed by atoms with van der Waals surface area (Å²) in [5.74, 6) is -1.72. The normalized spacial score (nSPS) is 16.5. The average Bonchev–Trinajstić information content (AvgIpc) is 3.27. The van der Waals surface area contributed by atoms with Crippen molar-refractivity contribution >= 4 is 29.3 Å². The lowest BCUT2D eigenvalue weighted by atomic mass is 10.00. The second-order valence-electron chi connectivity index (χ2n) is 8.94. The van der Waals surface area contributed by atoms with Crippen molar-refractivity contribution < 1.29 is 27.9 Å². The number of rotatable bonds is 7. The molecular formula is C30H23F2N3O4. The summed E-state index contributed by atoms with van der Waals surface area (Å²) in [5.41, 5.74) is 2.48. The zero-order chi connectivity index (χ0) is 27.4. The number of cyclic esters (lactones) is 1. The van der Waals surface area contributed by atoms with Crippen LogP contribution in [0.3, 0.4) is 0 Å². The largest absolute Gasteiger partial charge is 0.438 e. The van der Waals surface area contributed by atoms with Gasteiger partial charge in [-0.15, -0.1) is 0 Å². The fourth-order valence-electron chi connectivity index (χ4n) is 4.29. The lowest BCUT2D eigenvalue weighted by molar-refractivity contribution is -0.121. The predicted molar refractivity (Wildman–Crippen MR) is 141 cm³/mol. The molecule has 1 saturated heterocycles. The summed E-state index contributed by atoms with van der Waals surface area (Å²) in [6, 6.07) is 25.2. The number of para-hydroxylation sites is 1. The Morgan fingerprint density at radius 3 is 1.97 bits per heavy atom. The number of hydrogen-bond donors (Lipinski definition) is 2. The number of amides is 3. The van der Waals surface area contributed by atoms with Gasteiger partial charge in [0.25, 0.3) is 11.8 Å². The molecule has 2 atom stereocenters. The molecule has 0 radical (unpaired) electrons. The fraction of sp³-hybridized carbons (Fsp3) is 0.100. The Morgan fingerprint density at radius 2 is 1.33 bits per heavy atom. The summed E-state index contributed by atoms with van der Waals surface area (Å²) in [6.07, 6.45) is -1.63. The molecule has 0 aliphatic carbocycles. The minimum Gasteiger partial charge on any atom is -0.438 e. The zero-order valence-corrected chi connectivity index (χ0v) is 20.5. The number of nitrogens with one attached hydrogen (secondary N) is 2. The average molecular weight is 528 g/mol. The van der Waals surface area contributed by atoms with Gasteiger partial charge in [0.2, 0.25) is 0 Å². The predicted octanol–water partition coefficient (Wildman–Crippen LogP) is 5.92. The van der Waals surface area contributed by atoms with E-state index < -0.39 is 41.7 Å². The van der Waals surface area contributed by atoms with Gasteiger partial charge in [-0.1, -0.05) is 42.5 Å². The van der Waals surface area contributed by atoms with Crippen molar-refractivity contribution in [2.45, 2.75) is 18.7 Å². The third kappa shape index (κ3) is 5.93. The van der Waals surface area contributed by atoms with Crippen molar-refractivity contribution in [3.63, 3.8) is 0 Å². The molecule has 0 bridgehead atoms. The van der Waals surface area contributed by atoms with Crippen LogP contribution in [-0.4, -0.2) is 28.8 Å². The van der Waals surface area contributed by atoms with E-state index in [9.17, 15) is 23.2 Å². The SMILES string of the molecule is O=C(Nc1ccc([C@@H]2OC(=O)N(Cc3ccc(F)cc3)[C@@H]2C(=O)Nc2ccccc2)cc1)c1ccc(F)cc1. The number of carbonyl (C=O) groups excluding carboxylic acids is 3. The monoisotopic (exact) mass is 527 g/mol. The topological polar surface area (TPSA) is 87.7 Å². The van der Waals surface area contributed by atoms with Crippen molar-refractivity contribution in [1.29, 1.82) is 0 Å². The van der Waals surface area contributed by atoms with Gasteiger partial charge in [0.15, 0.2) is 12.1 Å². The van der Waals surface area contributed by atoms with Gasteiger partial charge < -0.3 is 15.4 Å². The molecule has 1 fully saturated rings. The van der Waals surface area contributed by atoms with Gasteiger partial charge in [0.1, 0.15) is 11.6 Å². The summed E-state index contributed by atoms with van der Waals surface area (Å²) in [6.45, 7) is 0.0360. The van der Waals surface area contributed by atoms with E-state index in [4.69, 9.17) is 4.74 Å². The van der Waals surface area contributed by atoms with Crippen LogP contribution in [0.2, 0.25) is 0 Å². The molecule has 1 aliphatic heterocycles. The second-order valence-corrected chi connectivity index (χ2v) is 8.94. The van der Waals surface area contributed by atoms with Crippen molar-refractivity contribution in [1.82, 2.24) is 4.90 Å². The van der Waals surface area contributed by atoms with Crippen LogP contribution in [-0.2, 0) is 16.1 Å². The highest BCUT2D eigenvalue weighted by molar-refractivity contribution is 6.04. The maximum atomic E-state index is 13.5. The first-order valence-corrected chi connectivity index (χ1v) is 12.1. The van der Waals surface area contributed by atoms with Crippen LogP contribution >= 0.6 is 0 Å². The first-order chi connectivity index (χ1) is 18.9. The first kappa shape index (κ1) is 25.6. The Hall–Kier alpha value is -5.05. The first-order valence-electron chi connectivity index (χ1n) is 12.1. The molecule has 3 amide bonds. The summed E-state index contributed by atoms with van der Waals surface area (Å²) in [5, 5.41) is 5.56. The summed E-state index contributed by atoms with van der Waals surface area (Å²) < 4.78 is 32.2. The summed E-state index contributed by atoms with van der Waals surface area (Å²) in [4.78, 5) is 40.2. The highest BCUT2D eigenvalue weighted by Gasteiger charge is 2.47. The number of nitrogens with zero attached hydrogens (tertiary/aromatic N) is 1. The molecule has 0 spiro atoms. The molecule has 196 valence electrons. The van der Waals surface area contributed by atoms with Gasteiger partial charge >= 0.3 is 6.09 Å². The van der Waals surface area contributed by atoms with Gasteiger partial charge in [-0.3, -0.25) is 14.5 Å².